The van der Waals surface area contributed by atoms with Crippen LogP contribution in [0.4, 0.5) is 13.2 Å². The van der Waals surface area contributed by atoms with Crippen LogP contribution >= 0.6 is 11.6 Å². The molecule has 3 rings (SSSR count). The zero-order valence-electron chi connectivity index (χ0n) is 14.0. The number of nitrogens with one attached hydrogen (secondary N) is 2. The number of hydrogen-bond donors (Lipinski definition) is 2. The van der Waals surface area contributed by atoms with E-state index in [2.05, 4.69) is 10.5 Å². The molecule has 2 aromatic carbocycles. The molecule has 0 fully saturated rings. The van der Waals surface area contributed by atoms with E-state index in [0.717, 1.165) is 6.20 Å². The minimum absolute atomic E-state index is 0.138. The topological polar surface area (TPSA) is 76.0 Å². The molecule has 2 amide bonds. The lowest BCUT2D eigenvalue weighted by molar-refractivity contribution is -0.143. The van der Waals surface area contributed by atoms with E-state index >= 15 is 0 Å². The van der Waals surface area contributed by atoms with Gasteiger partial charge in [-0.3, -0.25) is 20.4 Å². The van der Waals surface area contributed by atoms with Gasteiger partial charge in [0.2, 0.25) is 0 Å². The molecular weight excluding hydrogens is 397 g/mol. The van der Waals surface area contributed by atoms with Crippen molar-refractivity contribution < 1.29 is 22.8 Å². The van der Waals surface area contributed by atoms with E-state index in [9.17, 15) is 22.8 Å². The standard InChI is InChI=1S/C18H12ClF3N4O2/c19-12-8-6-11(7-9-12)16(27)24-25-17(28)14-10-23-26(15(14)18(20,21)22)13-4-2-1-3-5-13/h1-10H,(H,24,27)(H,25,28). The lowest BCUT2D eigenvalue weighted by Crippen LogP contribution is -2.42. The van der Waals surface area contributed by atoms with E-state index in [4.69, 9.17) is 11.6 Å². The van der Waals surface area contributed by atoms with Crippen molar-refractivity contribution in [1.29, 1.82) is 0 Å². The predicted octanol–water partition coefficient (Wildman–Crippen LogP) is 3.62. The second kappa shape index (κ2) is 7.73. The number of benzene rings is 2. The minimum atomic E-state index is -4.85. The van der Waals surface area contributed by atoms with Gasteiger partial charge < -0.3 is 0 Å². The van der Waals surface area contributed by atoms with Crippen LogP contribution in [0, 0.1) is 0 Å². The minimum Gasteiger partial charge on any atom is -0.267 e. The third-order valence-corrected chi connectivity index (χ3v) is 3.93. The van der Waals surface area contributed by atoms with Gasteiger partial charge in [0.05, 0.1) is 17.4 Å². The highest BCUT2D eigenvalue weighted by molar-refractivity contribution is 6.30. The number of hydrazine groups is 1. The van der Waals surface area contributed by atoms with Crippen LogP contribution in [-0.4, -0.2) is 21.6 Å². The van der Waals surface area contributed by atoms with Gasteiger partial charge in [0, 0.05) is 10.6 Å². The van der Waals surface area contributed by atoms with Crippen LogP contribution in [0.2, 0.25) is 5.02 Å². The van der Waals surface area contributed by atoms with Gasteiger partial charge in [-0.2, -0.15) is 18.3 Å². The summed E-state index contributed by atoms with van der Waals surface area (Å²) in [6, 6.07) is 13.3. The molecule has 0 saturated heterocycles. The van der Waals surface area contributed by atoms with Gasteiger partial charge in [0.15, 0.2) is 5.69 Å². The van der Waals surface area contributed by atoms with Crippen LogP contribution in [0.3, 0.4) is 0 Å². The fraction of sp³-hybridized carbons (Fsp3) is 0.0556. The molecule has 2 N–H and O–H groups in total. The van der Waals surface area contributed by atoms with Crippen molar-refractivity contribution in [2.45, 2.75) is 6.18 Å². The fourth-order valence-corrected chi connectivity index (χ4v) is 2.53. The Balaban J connectivity index is 1.83. The Morgan fingerprint density at radius 1 is 0.929 bits per heavy atom. The summed E-state index contributed by atoms with van der Waals surface area (Å²) in [4.78, 5) is 24.2. The molecule has 0 unspecified atom stereocenters. The largest absolute Gasteiger partial charge is 0.434 e. The van der Waals surface area contributed by atoms with Crippen LogP contribution in [-0.2, 0) is 6.18 Å². The number of hydrogen-bond acceptors (Lipinski definition) is 3. The van der Waals surface area contributed by atoms with Crippen LogP contribution in [0.25, 0.3) is 5.69 Å². The van der Waals surface area contributed by atoms with Crippen LogP contribution in [0.1, 0.15) is 26.4 Å². The molecule has 6 nitrogen and oxygen atoms in total. The summed E-state index contributed by atoms with van der Waals surface area (Å²) in [5.41, 5.74) is 2.35. The van der Waals surface area contributed by atoms with Gasteiger partial charge in [-0.05, 0) is 36.4 Å². The van der Waals surface area contributed by atoms with E-state index < -0.39 is 29.2 Å². The molecule has 144 valence electrons. The number of carbonyl (C=O) groups excluding carboxylic acids is 2. The van der Waals surface area contributed by atoms with E-state index in [1.807, 2.05) is 5.43 Å². The normalized spacial score (nSPS) is 11.1. The third-order valence-electron chi connectivity index (χ3n) is 3.68. The van der Waals surface area contributed by atoms with E-state index in [1.54, 1.807) is 18.2 Å². The first kappa shape index (κ1) is 19.4. The lowest BCUT2D eigenvalue weighted by atomic mass is 10.2. The van der Waals surface area contributed by atoms with Gasteiger partial charge >= 0.3 is 6.18 Å². The molecule has 3 aromatic rings. The number of nitrogens with zero attached hydrogens (tertiary/aromatic N) is 2. The summed E-state index contributed by atoms with van der Waals surface area (Å²) in [6.45, 7) is 0. The third kappa shape index (κ3) is 4.15. The average Bonchev–Trinajstić information content (AvgIpc) is 3.13. The summed E-state index contributed by atoms with van der Waals surface area (Å²) in [5.74, 6) is -1.87. The molecular formula is C18H12ClF3N4O2. The highest BCUT2D eigenvalue weighted by Crippen LogP contribution is 2.33. The molecule has 0 spiro atoms. The fourth-order valence-electron chi connectivity index (χ4n) is 2.41. The Bertz CT molecular complexity index is 1000. The molecule has 28 heavy (non-hydrogen) atoms. The van der Waals surface area contributed by atoms with Crippen LogP contribution < -0.4 is 10.9 Å². The van der Waals surface area contributed by atoms with Gasteiger partial charge in [-0.25, -0.2) is 4.68 Å². The maximum absolute atomic E-state index is 13.5. The molecule has 0 aliphatic carbocycles. The number of alkyl halides is 3. The van der Waals surface area contributed by atoms with Gasteiger partial charge in [0.25, 0.3) is 11.8 Å². The Morgan fingerprint density at radius 3 is 2.14 bits per heavy atom. The molecule has 1 heterocycles. The molecule has 1 aromatic heterocycles. The van der Waals surface area contributed by atoms with Crippen LogP contribution in [0.5, 0.6) is 0 Å². The lowest BCUT2D eigenvalue weighted by Gasteiger charge is -2.13. The maximum atomic E-state index is 13.5. The van der Waals surface area contributed by atoms with E-state index in [0.29, 0.717) is 9.70 Å². The second-order valence-electron chi connectivity index (χ2n) is 5.57. The molecule has 0 aliphatic heterocycles. The van der Waals surface area contributed by atoms with Gasteiger partial charge in [-0.1, -0.05) is 29.8 Å². The number of carbonyl (C=O) groups is 2. The Labute approximate surface area is 161 Å². The summed E-state index contributed by atoms with van der Waals surface area (Å²) in [6.07, 6.45) is -4.06. The maximum Gasteiger partial charge on any atom is 0.434 e. The first-order chi connectivity index (χ1) is 13.3. The number of aromatic nitrogens is 2. The Hall–Kier alpha value is -3.33. The highest BCUT2D eigenvalue weighted by Gasteiger charge is 2.40. The molecule has 10 heteroatoms. The van der Waals surface area contributed by atoms with Crippen molar-refractivity contribution in [3.63, 3.8) is 0 Å². The summed E-state index contributed by atoms with van der Waals surface area (Å²) >= 11 is 5.72. The van der Waals surface area contributed by atoms with Gasteiger partial charge in [0.1, 0.15) is 0 Å². The highest BCUT2D eigenvalue weighted by atomic mass is 35.5. The number of halogens is 4. The quantitative estimate of drug-likeness (QED) is 0.650. The molecule has 0 atom stereocenters. The molecule has 0 radical (unpaired) electrons. The van der Waals surface area contributed by atoms with Gasteiger partial charge in [-0.15, -0.1) is 0 Å². The van der Waals surface area contributed by atoms with Crippen molar-refractivity contribution in [3.05, 3.63) is 82.6 Å². The van der Waals surface area contributed by atoms with Crippen LogP contribution in [0.15, 0.2) is 60.8 Å². The SMILES string of the molecule is O=C(NNC(=O)c1cnn(-c2ccccc2)c1C(F)(F)F)c1ccc(Cl)cc1. The monoisotopic (exact) mass is 408 g/mol. The zero-order chi connectivity index (χ0) is 20.3. The first-order valence-corrected chi connectivity index (χ1v) is 8.22. The number of para-hydroxylation sites is 1. The van der Waals surface area contributed by atoms with E-state index in [1.165, 1.54) is 36.4 Å². The Morgan fingerprint density at radius 2 is 1.54 bits per heavy atom. The van der Waals surface area contributed by atoms with Crippen molar-refractivity contribution in [2.75, 3.05) is 0 Å². The summed E-state index contributed by atoms with van der Waals surface area (Å²) < 4.78 is 41.3. The number of amides is 2. The zero-order valence-corrected chi connectivity index (χ0v) is 14.8. The summed E-state index contributed by atoms with van der Waals surface area (Å²) in [7, 11) is 0. The molecule has 0 bridgehead atoms. The van der Waals surface area contributed by atoms with Crippen molar-refractivity contribution in [2.24, 2.45) is 0 Å². The van der Waals surface area contributed by atoms with Crippen molar-refractivity contribution in [3.8, 4) is 5.69 Å². The predicted molar refractivity (Wildman–Crippen MR) is 95.0 cm³/mol. The summed E-state index contributed by atoms with van der Waals surface area (Å²) in [5, 5.41) is 4.08. The number of rotatable bonds is 3. The van der Waals surface area contributed by atoms with E-state index in [-0.39, 0.29) is 11.3 Å². The molecule has 0 saturated carbocycles. The first-order valence-electron chi connectivity index (χ1n) is 7.84. The second-order valence-corrected chi connectivity index (χ2v) is 6.00. The van der Waals surface area contributed by atoms with Crippen molar-refractivity contribution >= 4 is 23.4 Å². The average molecular weight is 409 g/mol. The smallest absolute Gasteiger partial charge is 0.267 e. The molecule has 0 aliphatic rings. The van der Waals surface area contributed by atoms with Crippen molar-refractivity contribution in [1.82, 2.24) is 20.6 Å². The Kier molecular flexibility index (Phi) is 5.36.